The highest BCUT2D eigenvalue weighted by Gasteiger charge is 2.34. The zero-order valence-corrected chi connectivity index (χ0v) is 12.4. The van der Waals surface area contributed by atoms with E-state index in [2.05, 4.69) is 22.0 Å². The zero-order chi connectivity index (χ0) is 14.5. The summed E-state index contributed by atoms with van der Waals surface area (Å²) in [4.78, 5) is 27.7. The van der Waals surface area contributed by atoms with Crippen LogP contribution in [0.2, 0.25) is 0 Å². The van der Waals surface area contributed by atoms with Crippen LogP contribution in [0.25, 0.3) is 0 Å². The predicted molar refractivity (Wildman–Crippen MR) is 75.3 cm³/mol. The number of carbonyl (C=O) groups is 2. The molecule has 0 radical (unpaired) electrons. The fraction of sp³-hybridized carbons (Fsp3) is 0.857. The molecule has 0 saturated carbocycles. The van der Waals surface area contributed by atoms with Gasteiger partial charge in [-0.05, 0) is 13.3 Å². The first-order valence-electron chi connectivity index (χ1n) is 7.52. The molecule has 2 heterocycles. The van der Waals surface area contributed by atoms with Gasteiger partial charge in [0.25, 0.3) is 0 Å². The Balaban J connectivity index is 1.71. The van der Waals surface area contributed by atoms with Crippen molar-refractivity contribution in [1.82, 2.24) is 15.1 Å². The van der Waals surface area contributed by atoms with Crippen molar-refractivity contribution in [3.05, 3.63) is 0 Å². The maximum Gasteiger partial charge on any atom is 0.323 e. The fourth-order valence-corrected chi connectivity index (χ4v) is 2.68. The van der Waals surface area contributed by atoms with E-state index in [-0.39, 0.29) is 24.0 Å². The van der Waals surface area contributed by atoms with Gasteiger partial charge in [0.15, 0.2) is 0 Å². The quantitative estimate of drug-likeness (QED) is 0.710. The van der Waals surface area contributed by atoms with Gasteiger partial charge in [0.2, 0.25) is 5.91 Å². The molecule has 0 aromatic carbocycles. The number of cyclic esters (lactones) is 1. The molecule has 0 aliphatic carbocycles. The van der Waals surface area contributed by atoms with Gasteiger partial charge >= 0.3 is 5.97 Å². The first kappa shape index (κ1) is 15.3. The number of piperazine rings is 1. The summed E-state index contributed by atoms with van der Waals surface area (Å²) in [5, 5.41) is 2.98. The second-order valence-electron chi connectivity index (χ2n) is 5.66. The number of carbonyl (C=O) groups excluding carboxylic acids is 2. The third-order valence-corrected chi connectivity index (χ3v) is 4.14. The average molecular weight is 283 g/mol. The third-order valence-electron chi connectivity index (χ3n) is 4.14. The third kappa shape index (κ3) is 3.93. The minimum atomic E-state index is -0.0898. The van der Waals surface area contributed by atoms with E-state index in [1.54, 1.807) is 0 Å². The van der Waals surface area contributed by atoms with Crippen molar-refractivity contribution >= 4 is 11.9 Å². The number of ether oxygens (including phenoxy) is 1. The molecule has 1 amide bonds. The second kappa shape index (κ2) is 7.04. The van der Waals surface area contributed by atoms with Crippen LogP contribution in [-0.4, -0.2) is 73.1 Å². The molecule has 0 aromatic heterocycles. The first-order valence-corrected chi connectivity index (χ1v) is 7.52. The monoisotopic (exact) mass is 283 g/mol. The lowest BCUT2D eigenvalue weighted by molar-refractivity contribution is -0.143. The second-order valence-corrected chi connectivity index (χ2v) is 5.66. The first-order chi connectivity index (χ1) is 9.60. The SMILES string of the molecule is CC[C@H](C)NC(=O)CN1CCN([C@H]2CCOC2=O)CC1. The Labute approximate surface area is 120 Å². The van der Waals surface area contributed by atoms with Gasteiger partial charge in [-0.3, -0.25) is 19.4 Å². The van der Waals surface area contributed by atoms with Crippen LogP contribution in [0.15, 0.2) is 0 Å². The molecule has 2 saturated heterocycles. The van der Waals surface area contributed by atoms with E-state index in [4.69, 9.17) is 4.74 Å². The number of hydrogen-bond donors (Lipinski definition) is 1. The highest BCUT2D eigenvalue weighted by Crippen LogP contribution is 2.16. The fourth-order valence-electron chi connectivity index (χ4n) is 2.68. The van der Waals surface area contributed by atoms with Crippen LogP contribution in [0.4, 0.5) is 0 Å². The topological polar surface area (TPSA) is 61.9 Å². The Hall–Kier alpha value is -1.14. The van der Waals surface area contributed by atoms with Crippen molar-refractivity contribution in [2.75, 3.05) is 39.3 Å². The molecule has 2 aliphatic rings. The van der Waals surface area contributed by atoms with Gasteiger partial charge < -0.3 is 10.1 Å². The summed E-state index contributed by atoms with van der Waals surface area (Å²) in [6.45, 7) is 8.39. The average Bonchev–Trinajstić information content (AvgIpc) is 2.85. The number of amides is 1. The summed E-state index contributed by atoms with van der Waals surface area (Å²) >= 11 is 0. The lowest BCUT2D eigenvalue weighted by atomic mass is 10.2. The number of rotatable bonds is 5. The highest BCUT2D eigenvalue weighted by molar-refractivity contribution is 5.78. The maximum atomic E-state index is 11.8. The van der Waals surface area contributed by atoms with Crippen LogP contribution in [-0.2, 0) is 14.3 Å². The summed E-state index contributed by atoms with van der Waals surface area (Å²) in [7, 11) is 0. The Morgan fingerprint density at radius 1 is 1.40 bits per heavy atom. The normalized spacial score (nSPS) is 26.3. The molecule has 0 bridgehead atoms. The molecular formula is C14H25N3O3. The van der Waals surface area contributed by atoms with Gasteiger partial charge in [-0.2, -0.15) is 0 Å². The molecule has 0 unspecified atom stereocenters. The van der Waals surface area contributed by atoms with E-state index >= 15 is 0 Å². The van der Waals surface area contributed by atoms with E-state index in [1.807, 2.05) is 6.92 Å². The number of esters is 1. The van der Waals surface area contributed by atoms with Gasteiger partial charge in [0.05, 0.1) is 13.2 Å². The number of hydrogen-bond acceptors (Lipinski definition) is 5. The minimum Gasteiger partial charge on any atom is -0.464 e. The van der Waals surface area contributed by atoms with Crippen LogP contribution in [0, 0.1) is 0 Å². The van der Waals surface area contributed by atoms with Crippen molar-refractivity contribution in [1.29, 1.82) is 0 Å². The minimum absolute atomic E-state index is 0.0638. The molecule has 2 atom stereocenters. The van der Waals surface area contributed by atoms with E-state index < -0.39 is 0 Å². The van der Waals surface area contributed by atoms with Gasteiger partial charge in [-0.1, -0.05) is 6.92 Å². The Morgan fingerprint density at radius 3 is 2.65 bits per heavy atom. The Kier molecular flexibility index (Phi) is 5.37. The van der Waals surface area contributed by atoms with Crippen LogP contribution < -0.4 is 5.32 Å². The standard InChI is InChI=1S/C14H25N3O3/c1-3-11(2)15-13(18)10-16-5-7-17(8-6-16)12-4-9-20-14(12)19/h11-12H,3-10H2,1-2H3,(H,15,18)/t11-,12-/m0/s1. The molecule has 2 rings (SSSR count). The van der Waals surface area contributed by atoms with Gasteiger partial charge in [-0.15, -0.1) is 0 Å². The van der Waals surface area contributed by atoms with Crippen LogP contribution in [0.5, 0.6) is 0 Å². The van der Waals surface area contributed by atoms with Crippen molar-refractivity contribution in [3.8, 4) is 0 Å². The summed E-state index contributed by atoms with van der Waals surface area (Å²) in [5.74, 6) is 0.000963. The van der Waals surface area contributed by atoms with E-state index in [9.17, 15) is 9.59 Å². The van der Waals surface area contributed by atoms with Crippen LogP contribution >= 0.6 is 0 Å². The summed E-state index contributed by atoms with van der Waals surface area (Å²) in [6, 6.07) is 0.170. The molecule has 6 nitrogen and oxygen atoms in total. The molecule has 114 valence electrons. The van der Waals surface area contributed by atoms with Crippen LogP contribution in [0.3, 0.4) is 0 Å². The Bertz CT molecular complexity index is 354. The Morgan fingerprint density at radius 2 is 2.10 bits per heavy atom. The number of nitrogens with zero attached hydrogens (tertiary/aromatic N) is 2. The van der Waals surface area contributed by atoms with Crippen molar-refractivity contribution in [2.24, 2.45) is 0 Å². The molecule has 6 heteroatoms. The van der Waals surface area contributed by atoms with E-state index in [1.165, 1.54) is 0 Å². The van der Waals surface area contributed by atoms with E-state index in [0.29, 0.717) is 13.2 Å². The van der Waals surface area contributed by atoms with Crippen molar-refractivity contribution < 1.29 is 14.3 Å². The summed E-state index contributed by atoms with van der Waals surface area (Å²) in [6.07, 6.45) is 1.75. The predicted octanol–water partition coefficient (Wildman–Crippen LogP) is -0.166. The molecular weight excluding hydrogens is 258 g/mol. The molecule has 2 fully saturated rings. The largest absolute Gasteiger partial charge is 0.464 e. The van der Waals surface area contributed by atoms with Gasteiger partial charge in [0.1, 0.15) is 6.04 Å². The maximum absolute atomic E-state index is 11.8. The molecule has 0 aromatic rings. The smallest absolute Gasteiger partial charge is 0.323 e. The van der Waals surface area contributed by atoms with Gasteiger partial charge in [0, 0.05) is 38.6 Å². The van der Waals surface area contributed by atoms with E-state index in [0.717, 1.165) is 39.0 Å². The highest BCUT2D eigenvalue weighted by atomic mass is 16.5. The summed E-state index contributed by atoms with van der Waals surface area (Å²) < 4.78 is 5.01. The molecule has 2 aliphatic heterocycles. The van der Waals surface area contributed by atoms with Crippen molar-refractivity contribution in [2.45, 2.75) is 38.8 Å². The number of nitrogens with one attached hydrogen (secondary N) is 1. The molecule has 1 N–H and O–H groups in total. The lowest BCUT2D eigenvalue weighted by Gasteiger charge is -2.36. The zero-order valence-electron chi connectivity index (χ0n) is 12.4. The van der Waals surface area contributed by atoms with Gasteiger partial charge in [-0.25, -0.2) is 0 Å². The van der Waals surface area contributed by atoms with Crippen molar-refractivity contribution in [3.63, 3.8) is 0 Å². The molecule has 0 spiro atoms. The lowest BCUT2D eigenvalue weighted by Crippen LogP contribution is -2.53. The summed E-state index contributed by atoms with van der Waals surface area (Å²) in [5.41, 5.74) is 0. The van der Waals surface area contributed by atoms with Crippen LogP contribution in [0.1, 0.15) is 26.7 Å². The molecule has 20 heavy (non-hydrogen) atoms.